The Bertz CT molecular complexity index is 706. The van der Waals surface area contributed by atoms with E-state index in [9.17, 15) is 14.7 Å². The first-order valence-electron chi connectivity index (χ1n) is 6.18. The number of hydrogen-bond acceptors (Lipinski definition) is 5. The Hall–Kier alpha value is -2.83. The van der Waals surface area contributed by atoms with Crippen LogP contribution in [0, 0.1) is 0 Å². The molecule has 0 amide bonds. The second-order valence-corrected chi connectivity index (χ2v) is 4.36. The van der Waals surface area contributed by atoms with Gasteiger partial charge in [0.05, 0.1) is 13.3 Å². The number of aromatic carboxylic acids is 1. The predicted octanol–water partition coefficient (Wildman–Crippen LogP) is 0.898. The third-order valence-electron chi connectivity index (χ3n) is 2.94. The number of rotatable bonds is 5. The SMILES string of the molecule is COc1ccc(CCn2cc(O)c(=O)c(C(=O)O)n2)cc1. The lowest BCUT2D eigenvalue weighted by atomic mass is 10.1. The molecule has 1 aromatic heterocycles. The lowest BCUT2D eigenvalue weighted by molar-refractivity contribution is 0.0685. The van der Waals surface area contributed by atoms with Crippen molar-refractivity contribution >= 4 is 5.97 Å². The molecule has 21 heavy (non-hydrogen) atoms. The fraction of sp³-hybridized carbons (Fsp3) is 0.214. The second-order valence-electron chi connectivity index (χ2n) is 4.36. The summed E-state index contributed by atoms with van der Waals surface area (Å²) in [6.45, 7) is 0.334. The third kappa shape index (κ3) is 3.38. The molecule has 0 fully saturated rings. The molecule has 0 saturated carbocycles. The van der Waals surface area contributed by atoms with Gasteiger partial charge >= 0.3 is 5.97 Å². The van der Waals surface area contributed by atoms with Crippen molar-refractivity contribution in [2.24, 2.45) is 0 Å². The molecule has 0 aliphatic carbocycles. The number of carbonyl (C=O) groups is 1. The van der Waals surface area contributed by atoms with E-state index in [1.807, 2.05) is 24.3 Å². The summed E-state index contributed by atoms with van der Waals surface area (Å²) in [7, 11) is 1.58. The van der Waals surface area contributed by atoms with Gasteiger partial charge in [-0.2, -0.15) is 5.10 Å². The molecule has 0 radical (unpaired) electrons. The van der Waals surface area contributed by atoms with Gasteiger partial charge in [0.25, 0.3) is 5.43 Å². The fourth-order valence-corrected chi connectivity index (χ4v) is 1.81. The highest BCUT2D eigenvalue weighted by molar-refractivity contribution is 5.85. The van der Waals surface area contributed by atoms with E-state index in [-0.39, 0.29) is 0 Å². The molecule has 0 unspecified atom stereocenters. The minimum Gasteiger partial charge on any atom is -0.503 e. The van der Waals surface area contributed by atoms with Crippen LogP contribution in [0.25, 0.3) is 0 Å². The van der Waals surface area contributed by atoms with Crippen LogP contribution in [0.15, 0.2) is 35.3 Å². The van der Waals surface area contributed by atoms with E-state index in [0.717, 1.165) is 17.5 Å². The first-order chi connectivity index (χ1) is 10.0. The normalized spacial score (nSPS) is 10.3. The molecule has 0 bridgehead atoms. The number of hydrogen-bond donors (Lipinski definition) is 2. The number of carboxylic acids is 1. The number of aryl methyl sites for hydroxylation is 2. The summed E-state index contributed by atoms with van der Waals surface area (Å²) >= 11 is 0. The van der Waals surface area contributed by atoms with Crippen molar-refractivity contribution in [2.45, 2.75) is 13.0 Å². The summed E-state index contributed by atoms with van der Waals surface area (Å²) in [6.07, 6.45) is 1.69. The quantitative estimate of drug-likeness (QED) is 0.848. The molecule has 0 aliphatic heterocycles. The zero-order valence-electron chi connectivity index (χ0n) is 11.3. The minimum absolute atomic E-state index is 0.334. The van der Waals surface area contributed by atoms with Crippen molar-refractivity contribution in [2.75, 3.05) is 7.11 Å². The van der Waals surface area contributed by atoms with Crippen molar-refractivity contribution in [3.05, 3.63) is 51.9 Å². The van der Waals surface area contributed by atoms with Crippen molar-refractivity contribution in [3.8, 4) is 11.5 Å². The topological polar surface area (TPSA) is 102 Å². The first-order valence-corrected chi connectivity index (χ1v) is 6.18. The van der Waals surface area contributed by atoms with Crippen molar-refractivity contribution in [1.82, 2.24) is 9.78 Å². The molecule has 7 nitrogen and oxygen atoms in total. The van der Waals surface area contributed by atoms with Gasteiger partial charge in [-0.1, -0.05) is 12.1 Å². The molecule has 0 spiro atoms. The Morgan fingerprint density at radius 1 is 1.33 bits per heavy atom. The van der Waals surface area contributed by atoms with Crippen LogP contribution in [0.4, 0.5) is 0 Å². The number of methoxy groups -OCH3 is 1. The maximum atomic E-state index is 11.4. The van der Waals surface area contributed by atoms with Crippen LogP contribution in [0.2, 0.25) is 0 Å². The Morgan fingerprint density at radius 2 is 2.00 bits per heavy atom. The molecular formula is C14H14N2O5. The van der Waals surface area contributed by atoms with E-state index in [0.29, 0.717) is 13.0 Å². The molecule has 110 valence electrons. The van der Waals surface area contributed by atoms with Crippen LogP contribution in [-0.4, -0.2) is 33.1 Å². The number of nitrogens with zero attached hydrogens (tertiary/aromatic N) is 2. The van der Waals surface area contributed by atoms with Gasteiger partial charge in [0.2, 0.25) is 5.69 Å². The zero-order valence-corrected chi connectivity index (χ0v) is 11.3. The van der Waals surface area contributed by atoms with E-state index >= 15 is 0 Å². The molecule has 0 aliphatic rings. The van der Waals surface area contributed by atoms with Gasteiger partial charge in [-0.25, -0.2) is 4.79 Å². The number of carboxylic acid groups (broad SMARTS) is 1. The van der Waals surface area contributed by atoms with Crippen LogP contribution in [0.1, 0.15) is 16.1 Å². The fourth-order valence-electron chi connectivity index (χ4n) is 1.81. The Morgan fingerprint density at radius 3 is 2.57 bits per heavy atom. The van der Waals surface area contributed by atoms with Gasteiger partial charge in [0, 0.05) is 6.54 Å². The molecule has 0 saturated heterocycles. The van der Waals surface area contributed by atoms with Crippen molar-refractivity contribution < 1.29 is 19.7 Å². The summed E-state index contributed by atoms with van der Waals surface area (Å²) in [4.78, 5) is 22.3. The molecular weight excluding hydrogens is 276 g/mol. The lowest BCUT2D eigenvalue weighted by Gasteiger charge is -2.07. The molecule has 2 aromatic rings. The molecule has 2 N–H and O–H groups in total. The van der Waals surface area contributed by atoms with Gasteiger partial charge in [-0.05, 0) is 24.1 Å². The van der Waals surface area contributed by atoms with Crippen LogP contribution in [0.5, 0.6) is 11.5 Å². The van der Waals surface area contributed by atoms with Gasteiger partial charge in [-0.15, -0.1) is 0 Å². The number of aromatic hydroxyl groups is 1. The predicted molar refractivity (Wildman–Crippen MR) is 73.8 cm³/mol. The summed E-state index contributed by atoms with van der Waals surface area (Å²) in [5, 5.41) is 22.0. The first kappa shape index (κ1) is 14.6. The zero-order chi connectivity index (χ0) is 15.4. The van der Waals surface area contributed by atoms with Gasteiger partial charge in [0.15, 0.2) is 5.75 Å². The smallest absolute Gasteiger partial charge is 0.360 e. The maximum absolute atomic E-state index is 11.4. The molecule has 1 aromatic carbocycles. The molecule has 0 atom stereocenters. The summed E-state index contributed by atoms with van der Waals surface area (Å²) in [5.41, 5.74) is -0.680. The van der Waals surface area contributed by atoms with Crippen LogP contribution >= 0.6 is 0 Å². The van der Waals surface area contributed by atoms with Crippen LogP contribution < -0.4 is 10.2 Å². The van der Waals surface area contributed by atoms with E-state index in [1.165, 1.54) is 4.68 Å². The number of aromatic nitrogens is 2. The standard InChI is InChI=1S/C14H14N2O5/c1-21-10-4-2-9(3-5-10)6-7-16-8-11(17)13(18)12(15-16)14(19)20/h2-5,8,17H,6-7H2,1H3,(H,19,20). The highest BCUT2D eigenvalue weighted by atomic mass is 16.5. The number of benzene rings is 1. The monoisotopic (exact) mass is 290 g/mol. The maximum Gasteiger partial charge on any atom is 0.360 e. The van der Waals surface area contributed by atoms with E-state index in [1.54, 1.807) is 7.11 Å². The summed E-state index contributed by atoms with van der Waals surface area (Å²) in [6, 6.07) is 7.38. The molecule has 2 rings (SSSR count). The Labute approximate surface area is 120 Å². The third-order valence-corrected chi connectivity index (χ3v) is 2.94. The average molecular weight is 290 g/mol. The summed E-state index contributed by atoms with van der Waals surface area (Å²) in [5.74, 6) is -1.35. The van der Waals surface area contributed by atoms with Crippen molar-refractivity contribution in [1.29, 1.82) is 0 Å². The molecule has 1 heterocycles. The Balaban J connectivity index is 2.16. The second kappa shape index (κ2) is 6.08. The van der Waals surface area contributed by atoms with Crippen LogP contribution in [-0.2, 0) is 13.0 Å². The van der Waals surface area contributed by atoms with E-state index in [4.69, 9.17) is 9.84 Å². The van der Waals surface area contributed by atoms with Crippen LogP contribution in [0.3, 0.4) is 0 Å². The van der Waals surface area contributed by atoms with Crippen molar-refractivity contribution in [3.63, 3.8) is 0 Å². The average Bonchev–Trinajstić information content (AvgIpc) is 2.48. The lowest BCUT2D eigenvalue weighted by Crippen LogP contribution is -2.22. The molecule has 7 heteroatoms. The summed E-state index contributed by atoms with van der Waals surface area (Å²) < 4.78 is 6.29. The number of ether oxygens (including phenoxy) is 1. The van der Waals surface area contributed by atoms with E-state index in [2.05, 4.69) is 5.10 Å². The van der Waals surface area contributed by atoms with Gasteiger partial charge < -0.3 is 14.9 Å². The van der Waals surface area contributed by atoms with E-state index < -0.39 is 22.8 Å². The highest BCUT2D eigenvalue weighted by Crippen LogP contribution is 2.12. The minimum atomic E-state index is -1.46. The van der Waals surface area contributed by atoms with Gasteiger partial charge in [0.1, 0.15) is 5.75 Å². The Kier molecular flexibility index (Phi) is 4.22. The van der Waals surface area contributed by atoms with Gasteiger partial charge in [-0.3, -0.25) is 9.48 Å². The largest absolute Gasteiger partial charge is 0.503 e. The highest BCUT2D eigenvalue weighted by Gasteiger charge is 2.15.